The van der Waals surface area contributed by atoms with E-state index >= 15 is 0 Å². The van der Waals surface area contributed by atoms with E-state index in [2.05, 4.69) is 17.5 Å². The number of carbonyl (C=O) groups is 1. The van der Waals surface area contributed by atoms with Gasteiger partial charge in [0, 0.05) is 0 Å². The van der Waals surface area contributed by atoms with Crippen molar-refractivity contribution < 1.29 is 19.4 Å². The van der Waals surface area contributed by atoms with Crippen molar-refractivity contribution in [1.29, 1.82) is 0 Å². The van der Waals surface area contributed by atoms with Crippen molar-refractivity contribution >= 4 is 17.9 Å². The van der Waals surface area contributed by atoms with Gasteiger partial charge in [-0.25, -0.2) is 4.79 Å². The van der Waals surface area contributed by atoms with Crippen molar-refractivity contribution in [2.75, 3.05) is 18.6 Å². The predicted octanol–water partition coefficient (Wildman–Crippen LogP) is 4.41. The predicted molar refractivity (Wildman–Crippen MR) is 103 cm³/mol. The zero-order chi connectivity index (χ0) is 18.8. The molecule has 0 aliphatic carbocycles. The van der Waals surface area contributed by atoms with Gasteiger partial charge < -0.3 is 14.6 Å². The molecule has 2 N–H and O–H groups in total. The summed E-state index contributed by atoms with van der Waals surface area (Å²) in [6.45, 7) is 5.22. The summed E-state index contributed by atoms with van der Waals surface area (Å²) in [7, 11) is 0. The van der Waals surface area contributed by atoms with Crippen LogP contribution in [0.3, 0.4) is 0 Å². The highest BCUT2D eigenvalue weighted by molar-refractivity contribution is 5.94. The van der Waals surface area contributed by atoms with E-state index in [-0.39, 0.29) is 5.56 Å². The average Bonchev–Trinajstić information content (AvgIpc) is 2.64. The normalized spacial score (nSPS) is 10.7. The number of carboxylic acid groups (broad SMARTS) is 1. The summed E-state index contributed by atoms with van der Waals surface area (Å²) < 4.78 is 11.4. The SMILES string of the molecule is CCCCOc1ccc(/C=N/Nc2ccccc2C(=O)O)cc1OCC. The van der Waals surface area contributed by atoms with Crippen molar-refractivity contribution in [3.63, 3.8) is 0 Å². The summed E-state index contributed by atoms with van der Waals surface area (Å²) in [5.41, 5.74) is 4.18. The van der Waals surface area contributed by atoms with E-state index in [0.29, 0.717) is 30.4 Å². The molecule has 0 aliphatic rings. The standard InChI is InChI=1S/C20H24N2O4/c1-3-5-12-26-18-11-10-15(13-19(18)25-4-2)14-21-22-17-9-7-6-8-16(17)20(23)24/h6-11,13-14,22H,3-5,12H2,1-2H3,(H,23,24)/b21-14+. The van der Waals surface area contributed by atoms with Crippen molar-refractivity contribution in [3.8, 4) is 11.5 Å². The zero-order valence-corrected chi connectivity index (χ0v) is 15.1. The quantitative estimate of drug-likeness (QED) is 0.374. The maximum Gasteiger partial charge on any atom is 0.337 e. The molecule has 138 valence electrons. The number of hydrazone groups is 1. The number of hydrogen-bond acceptors (Lipinski definition) is 5. The van der Waals surface area contributed by atoms with Crippen LogP contribution in [0, 0.1) is 0 Å². The summed E-state index contributed by atoms with van der Waals surface area (Å²) in [6.07, 6.45) is 3.66. The first-order chi connectivity index (χ1) is 12.7. The number of unbranched alkanes of at least 4 members (excludes halogenated alkanes) is 1. The number of rotatable bonds is 10. The third-order valence-corrected chi connectivity index (χ3v) is 3.58. The summed E-state index contributed by atoms with van der Waals surface area (Å²) in [4.78, 5) is 11.2. The van der Waals surface area contributed by atoms with Crippen LogP contribution in [0.4, 0.5) is 5.69 Å². The lowest BCUT2D eigenvalue weighted by Crippen LogP contribution is -2.03. The monoisotopic (exact) mass is 356 g/mol. The van der Waals surface area contributed by atoms with Gasteiger partial charge in [-0.3, -0.25) is 5.43 Å². The van der Waals surface area contributed by atoms with Crippen molar-refractivity contribution in [2.45, 2.75) is 26.7 Å². The highest BCUT2D eigenvalue weighted by Crippen LogP contribution is 2.28. The van der Waals surface area contributed by atoms with E-state index in [0.717, 1.165) is 18.4 Å². The minimum atomic E-state index is -1.00. The minimum absolute atomic E-state index is 0.166. The maximum atomic E-state index is 11.2. The van der Waals surface area contributed by atoms with Crippen LogP contribution in [0.5, 0.6) is 11.5 Å². The van der Waals surface area contributed by atoms with Crippen molar-refractivity contribution in [2.24, 2.45) is 5.10 Å². The first-order valence-electron chi connectivity index (χ1n) is 8.66. The molecule has 0 aliphatic heterocycles. The lowest BCUT2D eigenvalue weighted by molar-refractivity contribution is 0.0698. The summed E-state index contributed by atoms with van der Waals surface area (Å²) >= 11 is 0. The number of anilines is 1. The fourth-order valence-electron chi connectivity index (χ4n) is 2.26. The van der Waals surface area contributed by atoms with Crippen molar-refractivity contribution in [3.05, 3.63) is 53.6 Å². The molecular formula is C20H24N2O4. The molecule has 0 saturated carbocycles. The highest BCUT2D eigenvalue weighted by Gasteiger charge is 2.08. The van der Waals surface area contributed by atoms with Gasteiger partial charge in [0.1, 0.15) is 0 Å². The number of para-hydroxylation sites is 1. The van der Waals surface area contributed by atoms with Crippen LogP contribution in [0.25, 0.3) is 0 Å². The number of nitrogens with zero attached hydrogens (tertiary/aromatic N) is 1. The van der Waals surface area contributed by atoms with Gasteiger partial charge in [0.15, 0.2) is 11.5 Å². The average molecular weight is 356 g/mol. The Morgan fingerprint density at radius 1 is 1.15 bits per heavy atom. The van der Waals surface area contributed by atoms with Crippen LogP contribution < -0.4 is 14.9 Å². The first kappa shape index (κ1) is 19.3. The molecule has 0 fully saturated rings. The van der Waals surface area contributed by atoms with E-state index < -0.39 is 5.97 Å². The number of benzene rings is 2. The maximum absolute atomic E-state index is 11.2. The van der Waals surface area contributed by atoms with Gasteiger partial charge in [0.25, 0.3) is 0 Å². The third-order valence-electron chi connectivity index (χ3n) is 3.58. The second-order valence-corrected chi connectivity index (χ2v) is 5.56. The molecule has 0 amide bonds. The Hall–Kier alpha value is -3.02. The van der Waals surface area contributed by atoms with Crippen LogP contribution in [0.15, 0.2) is 47.6 Å². The van der Waals surface area contributed by atoms with E-state index in [9.17, 15) is 9.90 Å². The Bertz CT molecular complexity index is 759. The second kappa shape index (κ2) is 10.1. The van der Waals surface area contributed by atoms with Crippen LogP contribution in [0.2, 0.25) is 0 Å². The summed E-state index contributed by atoms with van der Waals surface area (Å²) in [5, 5.41) is 13.3. The molecule has 26 heavy (non-hydrogen) atoms. The Morgan fingerprint density at radius 2 is 1.96 bits per heavy atom. The van der Waals surface area contributed by atoms with E-state index in [1.165, 1.54) is 6.07 Å². The highest BCUT2D eigenvalue weighted by atomic mass is 16.5. The molecule has 2 aromatic carbocycles. The first-order valence-corrected chi connectivity index (χ1v) is 8.66. The topological polar surface area (TPSA) is 80.2 Å². The molecule has 6 nitrogen and oxygen atoms in total. The smallest absolute Gasteiger partial charge is 0.337 e. The van der Waals surface area contributed by atoms with E-state index in [1.54, 1.807) is 24.4 Å². The lowest BCUT2D eigenvalue weighted by Gasteiger charge is -2.12. The van der Waals surface area contributed by atoms with Crippen LogP contribution in [0.1, 0.15) is 42.6 Å². The molecule has 0 saturated heterocycles. The molecule has 0 radical (unpaired) electrons. The molecular weight excluding hydrogens is 332 g/mol. The minimum Gasteiger partial charge on any atom is -0.490 e. The summed E-state index contributed by atoms with van der Waals surface area (Å²) in [5.74, 6) is 0.371. The molecule has 2 aromatic rings. The largest absolute Gasteiger partial charge is 0.490 e. The van der Waals surface area contributed by atoms with Gasteiger partial charge in [-0.05, 0) is 49.2 Å². The fourth-order valence-corrected chi connectivity index (χ4v) is 2.26. The van der Waals surface area contributed by atoms with E-state index in [4.69, 9.17) is 9.47 Å². The Kier molecular flexibility index (Phi) is 7.49. The molecule has 0 atom stereocenters. The van der Waals surface area contributed by atoms with Crippen LogP contribution >= 0.6 is 0 Å². The van der Waals surface area contributed by atoms with Gasteiger partial charge in [-0.1, -0.05) is 25.5 Å². The molecule has 2 rings (SSSR count). The van der Waals surface area contributed by atoms with E-state index in [1.807, 2.05) is 25.1 Å². The fraction of sp³-hybridized carbons (Fsp3) is 0.300. The molecule has 0 bridgehead atoms. The van der Waals surface area contributed by atoms with Crippen LogP contribution in [-0.2, 0) is 0 Å². The van der Waals surface area contributed by atoms with Gasteiger partial charge in [0.05, 0.1) is 30.7 Å². The number of nitrogens with one attached hydrogen (secondary N) is 1. The number of hydrogen-bond donors (Lipinski definition) is 2. The second-order valence-electron chi connectivity index (χ2n) is 5.56. The number of carboxylic acids is 1. The molecule has 6 heteroatoms. The Labute approximate surface area is 153 Å². The number of ether oxygens (including phenoxy) is 2. The molecule has 0 spiro atoms. The van der Waals surface area contributed by atoms with Gasteiger partial charge >= 0.3 is 5.97 Å². The van der Waals surface area contributed by atoms with Gasteiger partial charge in [-0.2, -0.15) is 5.10 Å². The van der Waals surface area contributed by atoms with Crippen molar-refractivity contribution in [1.82, 2.24) is 0 Å². The molecule has 0 heterocycles. The third kappa shape index (κ3) is 5.51. The van der Waals surface area contributed by atoms with Crippen LogP contribution in [-0.4, -0.2) is 30.5 Å². The molecule has 0 aromatic heterocycles. The van der Waals surface area contributed by atoms with Gasteiger partial charge in [-0.15, -0.1) is 0 Å². The van der Waals surface area contributed by atoms with Gasteiger partial charge in [0.2, 0.25) is 0 Å². The Balaban J connectivity index is 2.10. The molecule has 0 unspecified atom stereocenters. The zero-order valence-electron chi connectivity index (χ0n) is 15.1. The lowest BCUT2D eigenvalue weighted by atomic mass is 10.2. The Morgan fingerprint density at radius 3 is 2.69 bits per heavy atom. The summed E-state index contributed by atoms with van der Waals surface area (Å²) in [6, 6.07) is 12.2. The number of aromatic carboxylic acids is 1.